The Morgan fingerprint density at radius 1 is 0.881 bits per heavy atom. The molecule has 16 heteroatoms. The number of imide groups is 2. The maximum Gasteiger partial charge on any atom is 0.272 e. The Kier molecular flexibility index (Phi) is 10.6. The van der Waals surface area contributed by atoms with Crippen molar-refractivity contribution in [2.24, 2.45) is 16.7 Å². The number of carbonyl (C=O) groups is 5. The van der Waals surface area contributed by atoms with E-state index in [9.17, 15) is 29.2 Å². The van der Waals surface area contributed by atoms with Gasteiger partial charge >= 0.3 is 0 Å². The number of hydrogen-bond acceptors (Lipinski definition) is 12. The van der Waals surface area contributed by atoms with Crippen LogP contribution in [0.3, 0.4) is 0 Å². The van der Waals surface area contributed by atoms with Crippen molar-refractivity contribution >= 4 is 52.6 Å². The fourth-order valence-electron chi connectivity index (χ4n) is 9.97. The van der Waals surface area contributed by atoms with Crippen LogP contribution < -0.4 is 25.2 Å². The molecule has 8 rings (SSSR count). The Bertz CT molecular complexity index is 2230. The van der Waals surface area contributed by atoms with Crippen molar-refractivity contribution in [1.82, 2.24) is 30.6 Å². The molecule has 308 valence electrons. The zero-order valence-electron chi connectivity index (χ0n) is 33.7. The minimum Gasteiger partial charge on any atom is -0.489 e. The second kappa shape index (κ2) is 15.5. The highest BCUT2D eigenvalue weighted by atomic mass is 35.5. The molecule has 4 fully saturated rings. The molecule has 3 saturated heterocycles. The van der Waals surface area contributed by atoms with E-state index in [0.717, 1.165) is 75.1 Å². The summed E-state index contributed by atoms with van der Waals surface area (Å²) in [7, 11) is 0. The van der Waals surface area contributed by atoms with Gasteiger partial charge in [0.05, 0.1) is 21.7 Å². The zero-order valence-corrected chi connectivity index (χ0v) is 34.4. The van der Waals surface area contributed by atoms with Gasteiger partial charge in [-0.2, -0.15) is 5.26 Å². The zero-order chi connectivity index (χ0) is 41.8. The van der Waals surface area contributed by atoms with E-state index in [2.05, 4.69) is 69.3 Å². The predicted octanol–water partition coefficient (Wildman–Crippen LogP) is 4.05. The van der Waals surface area contributed by atoms with Gasteiger partial charge in [0, 0.05) is 80.9 Å². The van der Waals surface area contributed by atoms with Crippen LogP contribution in [0.5, 0.6) is 5.75 Å². The van der Waals surface area contributed by atoms with Crippen LogP contribution in [0.1, 0.15) is 90.1 Å². The van der Waals surface area contributed by atoms with E-state index in [0.29, 0.717) is 27.8 Å². The number of nitriles is 1. The molecule has 1 aromatic heterocycles. The molecule has 1 unspecified atom stereocenters. The Morgan fingerprint density at radius 3 is 2.24 bits per heavy atom. The van der Waals surface area contributed by atoms with Crippen LogP contribution in [0.25, 0.3) is 0 Å². The molecule has 5 heterocycles. The number of amides is 5. The highest BCUT2D eigenvalue weighted by Gasteiger charge is 2.64. The van der Waals surface area contributed by atoms with Crippen molar-refractivity contribution in [3.63, 3.8) is 0 Å². The number of nitrogens with one attached hydrogen (secondary N) is 2. The molecule has 0 spiro atoms. The van der Waals surface area contributed by atoms with Gasteiger partial charge in [-0.05, 0) is 67.6 Å². The lowest BCUT2D eigenvalue weighted by atomic mass is 9.49. The monoisotopic (exact) mass is 821 g/mol. The largest absolute Gasteiger partial charge is 0.489 e. The number of piperidine rings is 2. The van der Waals surface area contributed by atoms with Gasteiger partial charge in [0.1, 0.15) is 24.0 Å². The molecule has 2 aromatic carbocycles. The average molecular weight is 822 g/mol. The minimum absolute atomic E-state index is 0.0849. The number of rotatable bonds is 9. The first-order chi connectivity index (χ1) is 28.1. The first kappa shape index (κ1) is 40.2. The smallest absolute Gasteiger partial charge is 0.272 e. The number of fused-ring (bicyclic) bond motifs is 1. The molecule has 1 atom stereocenters. The lowest BCUT2D eigenvalue weighted by Crippen LogP contribution is -2.74. The molecule has 0 bridgehead atoms. The number of carbonyl (C=O) groups excluding carboxylic acids is 5. The highest BCUT2D eigenvalue weighted by Crippen LogP contribution is 2.55. The molecular formula is C43H48ClN9O6. The van der Waals surface area contributed by atoms with E-state index in [1.165, 1.54) is 0 Å². The number of nitrogens with zero attached hydrogens (tertiary/aromatic N) is 7. The first-order valence-corrected chi connectivity index (χ1v) is 20.6. The third-order valence-corrected chi connectivity index (χ3v) is 13.2. The first-order valence-electron chi connectivity index (χ1n) is 20.2. The van der Waals surface area contributed by atoms with Crippen LogP contribution >= 0.6 is 11.6 Å². The van der Waals surface area contributed by atoms with Crippen molar-refractivity contribution < 1.29 is 28.7 Å². The lowest BCUT2D eigenvalue weighted by Gasteiger charge is -2.63. The van der Waals surface area contributed by atoms with Crippen molar-refractivity contribution in [3.05, 3.63) is 75.9 Å². The van der Waals surface area contributed by atoms with Gasteiger partial charge in [-0.1, -0.05) is 39.3 Å². The summed E-state index contributed by atoms with van der Waals surface area (Å²) < 4.78 is 6.35. The van der Waals surface area contributed by atoms with E-state index in [1.807, 2.05) is 12.1 Å². The van der Waals surface area contributed by atoms with E-state index in [1.54, 1.807) is 36.4 Å². The van der Waals surface area contributed by atoms with Crippen LogP contribution in [-0.2, 0) is 9.59 Å². The summed E-state index contributed by atoms with van der Waals surface area (Å²) in [6.07, 6.45) is 2.02. The lowest BCUT2D eigenvalue weighted by molar-refractivity contribution is -0.164. The fraction of sp³-hybridized carbons (Fsp3) is 0.488. The minimum atomic E-state index is -0.981. The van der Waals surface area contributed by atoms with Crippen LogP contribution in [0.15, 0.2) is 48.5 Å². The summed E-state index contributed by atoms with van der Waals surface area (Å²) >= 11 is 6.24. The van der Waals surface area contributed by atoms with Gasteiger partial charge in [0.25, 0.3) is 17.7 Å². The normalized spacial score (nSPS) is 24.3. The summed E-state index contributed by atoms with van der Waals surface area (Å²) in [4.78, 5) is 71.9. The Hall–Kier alpha value is -5.59. The Labute approximate surface area is 348 Å². The number of piperazine rings is 1. The topological polar surface area (TPSA) is 181 Å². The Morgan fingerprint density at radius 2 is 1.59 bits per heavy atom. The van der Waals surface area contributed by atoms with E-state index >= 15 is 0 Å². The number of halogens is 1. The number of hydrogen-bond donors (Lipinski definition) is 2. The van der Waals surface area contributed by atoms with E-state index < -0.39 is 40.5 Å². The molecule has 4 aliphatic heterocycles. The van der Waals surface area contributed by atoms with E-state index in [4.69, 9.17) is 16.3 Å². The van der Waals surface area contributed by atoms with Gasteiger partial charge in [-0.3, -0.25) is 39.1 Å². The van der Waals surface area contributed by atoms with Crippen LogP contribution in [0.2, 0.25) is 5.02 Å². The number of ether oxygens (including phenoxy) is 1. The third-order valence-electron chi connectivity index (χ3n) is 12.9. The molecule has 59 heavy (non-hydrogen) atoms. The van der Waals surface area contributed by atoms with E-state index in [-0.39, 0.29) is 42.2 Å². The SMILES string of the molecule is CC1(C)[C@H](NC(=O)c2ccc(N3CCC(CN4CCN(c5ccc6c(c5)C(=O)N(C5CCC(=O)NC5=O)C6=O)CC4)CC3)nn2)C(C)(C)[C@H]1Oc1ccc(C#N)c(Cl)c1. The van der Waals surface area contributed by atoms with Crippen molar-refractivity contribution in [1.29, 1.82) is 5.26 Å². The maximum atomic E-state index is 13.4. The summed E-state index contributed by atoms with van der Waals surface area (Å²) in [5.41, 5.74) is 1.29. The molecule has 5 aliphatic rings. The third kappa shape index (κ3) is 7.48. The molecule has 3 aromatic rings. The molecule has 1 saturated carbocycles. The number of benzene rings is 2. The van der Waals surface area contributed by atoms with Crippen molar-refractivity contribution in [3.8, 4) is 11.8 Å². The van der Waals surface area contributed by atoms with Crippen LogP contribution in [-0.4, -0.2) is 114 Å². The number of anilines is 2. The summed E-state index contributed by atoms with van der Waals surface area (Å²) in [5.74, 6) is -0.430. The standard InChI is InChI=1S/C43H48ClN9O6/c1-42(2)40(43(3,4)41(42)59-28-7-5-26(23-45)31(44)22-28)47-36(55)32-9-11-34(49-48-32)52-15-13-25(14-16-52)24-50-17-19-51(20-18-50)27-6-8-29-30(21-27)39(58)53(38(29)57)33-10-12-35(54)46-37(33)56/h5-9,11,21-22,25,33,40-41H,10,12-20,24H2,1-4H3,(H,47,55)(H,46,54,56)/t33?,40-,41-. The molecule has 15 nitrogen and oxygen atoms in total. The van der Waals surface area contributed by atoms with Crippen molar-refractivity contribution in [2.45, 2.75) is 71.6 Å². The molecule has 2 N–H and O–H groups in total. The molecular weight excluding hydrogens is 774 g/mol. The summed E-state index contributed by atoms with van der Waals surface area (Å²) in [6.45, 7) is 14.2. The van der Waals surface area contributed by atoms with Gasteiger partial charge in [-0.25, -0.2) is 0 Å². The molecule has 5 amide bonds. The summed E-state index contributed by atoms with van der Waals surface area (Å²) in [6, 6.07) is 14.8. The van der Waals surface area contributed by atoms with Gasteiger partial charge in [0.15, 0.2) is 11.5 Å². The average Bonchev–Trinajstić information content (AvgIpc) is 3.47. The highest BCUT2D eigenvalue weighted by molar-refractivity contribution is 6.31. The van der Waals surface area contributed by atoms with Crippen LogP contribution in [0, 0.1) is 28.1 Å². The van der Waals surface area contributed by atoms with Gasteiger partial charge in [0.2, 0.25) is 11.8 Å². The van der Waals surface area contributed by atoms with Gasteiger partial charge < -0.3 is 19.9 Å². The fourth-order valence-corrected chi connectivity index (χ4v) is 10.2. The van der Waals surface area contributed by atoms with Crippen LogP contribution in [0.4, 0.5) is 11.5 Å². The predicted molar refractivity (Wildman–Crippen MR) is 218 cm³/mol. The van der Waals surface area contributed by atoms with Crippen molar-refractivity contribution in [2.75, 3.05) is 55.6 Å². The summed E-state index contributed by atoms with van der Waals surface area (Å²) in [5, 5.41) is 23.7. The second-order valence-corrected chi connectivity index (χ2v) is 17.9. The maximum absolute atomic E-state index is 13.4. The second-order valence-electron chi connectivity index (χ2n) is 17.5. The molecule has 1 aliphatic carbocycles. The molecule has 0 radical (unpaired) electrons. The quantitative estimate of drug-likeness (QED) is 0.296. The Balaban J connectivity index is 0.789. The van der Waals surface area contributed by atoms with Gasteiger partial charge in [-0.15, -0.1) is 10.2 Å². The number of aromatic nitrogens is 2.